The highest BCUT2D eigenvalue weighted by atomic mass is 19.1. The van der Waals surface area contributed by atoms with E-state index in [0.717, 1.165) is 17.8 Å². The van der Waals surface area contributed by atoms with Gasteiger partial charge in [0.1, 0.15) is 17.2 Å². The second kappa shape index (κ2) is 7.64. The monoisotopic (exact) mass is 337 g/mol. The molecule has 0 aliphatic carbocycles. The first kappa shape index (κ1) is 18.2. The number of H-pyrrole nitrogens is 1. The number of halogens is 1. The summed E-state index contributed by atoms with van der Waals surface area (Å²) in [5.74, 6) is 0.815. The molecule has 5 nitrogen and oxygen atoms in total. The number of carbonyl (C=O) groups excluding carboxylic acids is 1. The van der Waals surface area contributed by atoms with E-state index in [1.165, 1.54) is 13.2 Å². The molecule has 1 fully saturated rings. The third-order valence-corrected chi connectivity index (χ3v) is 4.27. The van der Waals surface area contributed by atoms with E-state index in [1.807, 2.05) is 13.8 Å². The van der Waals surface area contributed by atoms with Crippen LogP contribution in [0.5, 0.6) is 0 Å². The van der Waals surface area contributed by atoms with Crippen molar-refractivity contribution in [2.75, 3.05) is 20.2 Å². The Hall–Kier alpha value is -2.11. The van der Waals surface area contributed by atoms with Gasteiger partial charge in [-0.05, 0) is 24.0 Å². The van der Waals surface area contributed by atoms with Crippen molar-refractivity contribution in [3.05, 3.63) is 29.3 Å². The van der Waals surface area contributed by atoms with Crippen LogP contribution in [0.1, 0.15) is 58.8 Å². The van der Waals surface area contributed by atoms with E-state index in [-0.39, 0.29) is 25.2 Å². The minimum atomic E-state index is -0.326. The Morgan fingerprint density at radius 1 is 1.46 bits per heavy atom. The molecule has 134 valence electrons. The van der Waals surface area contributed by atoms with Crippen LogP contribution in [0, 0.1) is 5.82 Å². The highest BCUT2D eigenvalue weighted by Gasteiger charge is 2.30. The van der Waals surface area contributed by atoms with E-state index >= 15 is 0 Å². The molecule has 0 bridgehead atoms. The first-order valence-electron chi connectivity index (χ1n) is 8.52. The lowest BCUT2D eigenvalue weighted by Crippen LogP contribution is -2.28. The molecule has 6 heteroatoms. The van der Waals surface area contributed by atoms with Crippen molar-refractivity contribution < 1.29 is 15.3 Å². The maximum Gasteiger partial charge on any atom is 0.409 e. The Labute approximate surface area is 143 Å². The quantitative estimate of drug-likeness (QED) is 0.867. The van der Waals surface area contributed by atoms with E-state index in [0.29, 0.717) is 24.1 Å². The number of imidazole rings is 1. The number of amides is 1. The lowest BCUT2D eigenvalue weighted by atomic mass is 10.0. The number of hydrogen-bond acceptors (Lipinski definition) is 3. The molecule has 1 aliphatic heterocycles. The fraction of sp³-hybridized carbons (Fsp3) is 0.556. The Kier molecular flexibility index (Phi) is 5.80. The second-order valence-electron chi connectivity index (χ2n) is 6.04. The van der Waals surface area contributed by atoms with Gasteiger partial charge in [-0.15, -0.1) is 0 Å². The van der Waals surface area contributed by atoms with Gasteiger partial charge in [0.2, 0.25) is 0 Å². The minimum absolute atomic E-state index is 0. The summed E-state index contributed by atoms with van der Waals surface area (Å²) in [7, 11) is 1.38. The summed E-state index contributed by atoms with van der Waals surface area (Å²) in [5.41, 5.74) is 2.18. The van der Waals surface area contributed by atoms with Gasteiger partial charge in [-0.2, -0.15) is 0 Å². The number of nitrogens with zero attached hydrogens (tertiary/aromatic N) is 2. The van der Waals surface area contributed by atoms with Crippen molar-refractivity contribution >= 4 is 17.1 Å². The fourth-order valence-electron chi connectivity index (χ4n) is 3.04. The molecule has 24 heavy (non-hydrogen) atoms. The Balaban J connectivity index is 0.00000101. The highest BCUT2D eigenvalue weighted by Crippen LogP contribution is 2.31. The second-order valence-corrected chi connectivity index (χ2v) is 6.04. The third-order valence-electron chi connectivity index (χ3n) is 4.27. The zero-order valence-electron chi connectivity index (χ0n) is 15.0. The lowest BCUT2D eigenvalue weighted by Gasteiger charge is -2.13. The van der Waals surface area contributed by atoms with Crippen molar-refractivity contribution in [3.63, 3.8) is 0 Å². The molecule has 1 aromatic heterocycles. The molecule has 2 aromatic rings. The van der Waals surface area contributed by atoms with Crippen LogP contribution in [0.4, 0.5) is 9.18 Å². The summed E-state index contributed by atoms with van der Waals surface area (Å²) in [5, 5.41) is 0. The van der Waals surface area contributed by atoms with Crippen molar-refractivity contribution in [3.8, 4) is 0 Å². The van der Waals surface area contributed by atoms with Crippen molar-refractivity contribution in [1.29, 1.82) is 0 Å². The van der Waals surface area contributed by atoms with E-state index in [1.54, 1.807) is 11.0 Å². The number of aromatic amines is 1. The molecule has 1 N–H and O–H groups in total. The number of fused-ring (bicyclic) bond motifs is 1. The van der Waals surface area contributed by atoms with Gasteiger partial charge in [0.15, 0.2) is 0 Å². The van der Waals surface area contributed by atoms with E-state index < -0.39 is 0 Å². The molecule has 1 aromatic carbocycles. The number of methoxy groups -OCH3 is 1. The van der Waals surface area contributed by atoms with Crippen molar-refractivity contribution in [2.24, 2.45) is 0 Å². The van der Waals surface area contributed by atoms with E-state index in [2.05, 4.69) is 23.8 Å². The van der Waals surface area contributed by atoms with Crippen LogP contribution >= 0.6 is 0 Å². The first-order valence-corrected chi connectivity index (χ1v) is 8.52. The fourth-order valence-corrected chi connectivity index (χ4v) is 3.04. The van der Waals surface area contributed by atoms with E-state index in [4.69, 9.17) is 4.74 Å². The smallest absolute Gasteiger partial charge is 0.409 e. The van der Waals surface area contributed by atoms with Gasteiger partial charge in [-0.1, -0.05) is 33.8 Å². The number of nitrogens with one attached hydrogen (secondary N) is 1. The molecule has 1 amide bonds. The molecule has 1 aliphatic rings. The molecule has 0 spiro atoms. The summed E-state index contributed by atoms with van der Waals surface area (Å²) in [6.45, 7) is 9.31. The standard InChI is InChI=1S/C16H20FN3O2.C2H6.H2/c1-9(2)11-4-5-12(17)14-13(11)18-15(19-14)10-6-7-20(8-10)16(21)22-3;1-2;/h4-5,9-10H,6-8H2,1-3H3,(H,18,19);1-2H3;1H/t10-;;/m0../s1. The zero-order valence-corrected chi connectivity index (χ0v) is 15.0. The van der Waals surface area contributed by atoms with Gasteiger partial charge >= 0.3 is 6.09 Å². The van der Waals surface area contributed by atoms with Gasteiger partial charge < -0.3 is 14.6 Å². The first-order chi connectivity index (χ1) is 11.5. The summed E-state index contributed by atoms with van der Waals surface area (Å²) < 4.78 is 18.8. The Morgan fingerprint density at radius 2 is 2.17 bits per heavy atom. The molecular formula is C18H28FN3O2. The Morgan fingerprint density at radius 3 is 2.79 bits per heavy atom. The SMILES string of the molecule is CC.COC(=O)N1CC[C@H](c2nc3c(C(C)C)ccc(F)c3[nH]2)C1.[HH]. The molecule has 1 saturated heterocycles. The van der Waals surface area contributed by atoms with Crippen LogP contribution < -0.4 is 0 Å². The average molecular weight is 337 g/mol. The predicted octanol–water partition coefficient (Wildman–Crippen LogP) is 4.65. The van der Waals surface area contributed by atoms with E-state index in [9.17, 15) is 9.18 Å². The number of likely N-dealkylation sites (tertiary alicyclic amines) is 1. The van der Waals surface area contributed by atoms with Gasteiger partial charge in [0, 0.05) is 20.4 Å². The summed E-state index contributed by atoms with van der Waals surface area (Å²) in [4.78, 5) is 21.0. The molecule has 2 heterocycles. The number of hydrogen-bond donors (Lipinski definition) is 1. The van der Waals surface area contributed by atoms with Gasteiger partial charge in [-0.25, -0.2) is 14.2 Å². The van der Waals surface area contributed by atoms with Gasteiger partial charge in [0.05, 0.1) is 12.6 Å². The van der Waals surface area contributed by atoms with Gasteiger partial charge in [-0.3, -0.25) is 0 Å². The molecular weight excluding hydrogens is 309 g/mol. The van der Waals surface area contributed by atoms with Crippen molar-refractivity contribution in [2.45, 2.75) is 46.0 Å². The van der Waals surface area contributed by atoms with Gasteiger partial charge in [0.25, 0.3) is 0 Å². The number of benzene rings is 1. The highest BCUT2D eigenvalue weighted by molar-refractivity contribution is 5.80. The summed E-state index contributed by atoms with van der Waals surface area (Å²) >= 11 is 0. The summed E-state index contributed by atoms with van der Waals surface area (Å²) in [6.07, 6.45) is 0.473. The largest absolute Gasteiger partial charge is 0.453 e. The van der Waals surface area contributed by atoms with Crippen LogP contribution in [-0.4, -0.2) is 41.2 Å². The van der Waals surface area contributed by atoms with Crippen LogP contribution in [0.15, 0.2) is 12.1 Å². The predicted molar refractivity (Wildman–Crippen MR) is 94.9 cm³/mol. The minimum Gasteiger partial charge on any atom is -0.453 e. The van der Waals surface area contributed by atoms with Crippen molar-refractivity contribution in [1.82, 2.24) is 14.9 Å². The van der Waals surface area contributed by atoms with Crippen LogP contribution in [0.25, 0.3) is 11.0 Å². The lowest BCUT2D eigenvalue weighted by molar-refractivity contribution is 0.132. The Bertz CT molecular complexity index is 718. The molecule has 1 atom stereocenters. The normalized spacial score (nSPS) is 17.1. The topological polar surface area (TPSA) is 58.2 Å². The van der Waals surface area contributed by atoms with Crippen LogP contribution in [0.2, 0.25) is 0 Å². The third kappa shape index (κ3) is 3.37. The maximum atomic E-state index is 14.0. The average Bonchev–Trinajstić information content (AvgIpc) is 3.23. The molecule has 0 saturated carbocycles. The van der Waals surface area contributed by atoms with Crippen LogP contribution in [0.3, 0.4) is 0 Å². The number of aromatic nitrogens is 2. The number of ether oxygens (including phenoxy) is 1. The van der Waals surface area contributed by atoms with Crippen LogP contribution in [-0.2, 0) is 4.74 Å². The maximum absolute atomic E-state index is 14.0. The zero-order chi connectivity index (χ0) is 17.9. The summed E-state index contributed by atoms with van der Waals surface area (Å²) in [6, 6.07) is 3.28. The number of carbonyl (C=O) groups is 1. The molecule has 0 unspecified atom stereocenters. The molecule has 3 rings (SSSR count). The molecule has 0 radical (unpaired) electrons. The number of rotatable bonds is 2.